The van der Waals surface area contributed by atoms with E-state index in [-0.39, 0.29) is 24.8 Å². The summed E-state index contributed by atoms with van der Waals surface area (Å²) in [5.74, 6) is -0.569. The largest absolute Gasteiger partial charge is 0.361 e. The van der Waals surface area contributed by atoms with Gasteiger partial charge in [0.05, 0.1) is 13.0 Å². The van der Waals surface area contributed by atoms with Gasteiger partial charge in [-0.2, -0.15) is 0 Å². The molecular formula is C20H26N4O2S. The number of benzene rings is 2. The SMILES string of the molecule is CCCCCNC(=S)NNC(=O)CNC(=O)Cc1cccc2ccccc12. The minimum absolute atomic E-state index is 0.116. The number of hydrazine groups is 1. The maximum Gasteiger partial charge on any atom is 0.257 e. The molecule has 0 bridgehead atoms. The van der Waals surface area contributed by atoms with Crippen LogP contribution in [0.1, 0.15) is 31.7 Å². The summed E-state index contributed by atoms with van der Waals surface area (Å²) in [6, 6.07) is 13.8. The van der Waals surface area contributed by atoms with Crippen molar-refractivity contribution in [2.24, 2.45) is 0 Å². The Morgan fingerprint density at radius 1 is 0.926 bits per heavy atom. The second kappa shape index (κ2) is 11.1. The molecule has 0 aliphatic carbocycles. The van der Waals surface area contributed by atoms with Gasteiger partial charge < -0.3 is 10.6 Å². The summed E-state index contributed by atoms with van der Waals surface area (Å²) < 4.78 is 0. The molecule has 0 aliphatic heterocycles. The lowest BCUT2D eigenvalue weighted by Gasteiger charge is -2.12. The van der Waals surface area contributed by atoms with Crippen molar-refractivity contribution in [3.8, 4) is 0 Å². The first-order chi connectivity index (χ1) is 13.1. The highest BCUT2D eigenvalue weighted by Crippen LogP contribution is 2.18. The van der Waals surface area contributed by atoms with Crippen molar-refractivity contribution in [1.29, 1.82) is 0 Å². The number of nitrogens with one attached hydrogen (secondary N) is 4. The molecule has 0 spiro atoms. The number of hydrogen-bond acceptors (Lipinski definition) is 3. The van der Waals surface area contributed by atoms with E-state index in [0.29, 0.717) is 5.11 Å². The number of carbonyl (C=O) groups is 2. The molecule has 0 heterocycles. The molecule has 7 heteroatoms. The van der Waals surface area contributed by atoms with Crippen molar-refractivity contribution >= 4 is 39.9 Å². The fourth-order valence-corrected chi connectivity index (χ4v) is 2.81. The first-order valence-electron chi connectivity index (χ1n) is 9.16. The van der Waals surface area contributed by atoms with E-state index in [1.807, 2.05) is 42.5 Å². The molecule has 27 heavy (non-hydrogen) atoms. The van der Waals surface area contributed by atoms with Crippen molar-refractivity contribution in [2.45, 2.75) is 32.6 Å². The zero-order valence-corrected chi connectivity index (χ0v) is 16.3. The fourth-order valence-electron chi connectivity index (χ4n) is 2.65. The van der Waals surface area contributed by atoms with Crippen LogP contribution in [0.15, 0.2) is 42.5 Å². The van der Waals surface area contributed by atoms with Gasteiger partial charge in [-0.05, 0) is 35.0 Å². The first-order valence-corrected chi connectivity index (χ1v) is 9.57. The normalized spacial score (nSPS) is 10.3. The second-order valence-electron chi connectivity index (χ2n) is 6.23. The van der Waals surface area contributed by atoms with Gasteiger partial charge in [0, 0.05) is 6.54 Å². The number of amides is 2. The maximum absolute atomic E-state index is 12.2. The third-order valence-corrected chi connectivity index (χ3v) is 4.30. The van der Waals surface area contributed by atoms with Crippen molar-refractivity contribution in [1.82, 2.24) is 21.5 Å². The molecule has 0 aliphatic rings. The van der Waals surface area contributed by atoms with Crippen molar-refractivity contribution in [3.63, 3.8) is 0 Å². The Kier molecular flexibility index (Phi) is 8.51. The quantitative estimate of drug-likeness (QED) is 0.318. The van der Waals surface area contributed by atoms with E-state index in [2.05, 4.69) is 28.4 Å². The van der Waals surface area contributed by atoms with E-state index in [0.717, 1.165) is 42.1 Å². The van der Waals surface area contributed by atoms with Gasteiger partial charge in [0.15, 0.2) is 5.11 Å². The van der Waals surface area contributed by atoms with E-state index in [9.17, 15) is 9.59 Å². The van der Waals surface area contributed by atoms with Crippen LogP contribution in [0.5, 0.6) is 0 Å². The minimum Gasteiger partial charge on any atom is -0.361 e. The number of hydrogen-bond donors (Lipinski definition) is 4. The smallest absolute Gasteiger partial charge is 0.257 e. The molecule has 0 radical (unpaired) electrons. The minimum atomic E-state index is -0.362. The highest BCUT2D eigenvalue weighted by molar-refractivity contribution is 7.80. The highest BCUT2D eigenvalue weighted by atomic mass is 32.1. The summed E-state index contributed by atoms with van der Waals surface area (Å²) in [6.07, 6.45) is 3.51. The molecule has 6 nitrogen and oxygen atoms in total. The lowest BCUT2D eigenvalue weighted by Crippen LogP contribution is -2.50. The standard InChI is InChI=1S/C20H26N4O2S/c1-2-3-6-12-21-20(27)24-23-19(26)14-22-18(25)13-16-10-7-9-15-8-4-5-11-17(15)16/h4-5,7-11H,2-3,6,12-14H2,1H3,(H,22,25)(H,23,26)(H2,21,24,27). The Bertz CT molecular complexity index is 789. The highest BCUT2D eigenvalue weighted by Gasteiger charge is 2.09. The van der Waals surface area contributed by atoms with Gasteiger partial charge in [-0.25, -0.2) is 0 Å². The fraction of sp³-hybridized carbons (Fsp3) is 0.350. The van der Waals surface area contributed by atoms with Crippen LogP contribution in [0.2, 0.25) is 0 Å². The predicted octanol–water partition coefficient (Wildman–Crippen LogP) is 2.18. The van der Waals surface area contributed by atoms with Crippen molar-refractivity contribution in [3.05, 3.63) is 48.0 Å². The number of fused-ring (bicyclic) bond motifs is 1. The molecule has 0 saturated carbocycles. The molecule has 0 unspecified atom stereocenters. The van der Waals surface area contributed by atoms with Gasteiger partial charge in [0.2, 0.25) is 5.91 Å². The van der Waals surface area contributed by atoms with E-state index >= 15 is 0 Å². The van der Waals surface area contributed by atoms with E-state index in [1.54, 1.807) is 0 Å². The molecule has 2 aromatic carbocycles. The molecule has 4 N–H and O–H groups in total. The van der Waals surface area contributed by atoms with E-state index < -0.39 is 0 Å². The lowest BCUT2D eigenvalue weighted by atomic mass is 10.0. The van der Waals surface area contributed by atoms with Gasteiger partial charge in [0.1, 0.15) is 0 Å². The Balaban J connectivity index is 1.70. The molecule has 0 saturated heterocycles. The molecule has 2 rings (SSSR count). The molecule has 2 amide bonds. The Hall–Kier alpha value is -2.67. The molecule has 0 fully saturated rings. The van der Waals surface area contributed by atoms with Gasteiger partial charge in [0.25, 0.3) is 5.91 Å². The zero-order valence-electron chi connectivity index (χ0n) is 15.5. The molecule has 144 valence electrons. The maximum atomic E-state index is 12.2. The van der Waals surface area contributed by atoms with Crippen LogP contribution in [0.25, 0.3) is 10.8 Å². The Labute approximate surface area is 165 Å². The predicted molar refractivity (Wildman–Crippen MR) is 112 cm³/mol. The van der Waals surface area contributed by atoms with Gasteiger partial charge in [-0.15, -0.1) is 0 Å². The Morgan fingerprint density at radius 2 is 1.70 bits per heavy atom. The number of unbranched alkanes of at least 4 members (excludes halogenated alkanes) is 2. The van der Waals surface area contributed by atoms with Crippen LogP contribution >= 0.6 is 12.2 Å². The lowest BCUT2D eigenvalue weighted by molar-refractivity contribution is -0.126. The van der Waals surface area contributed by atoms with Gasteiger partial charge in [-0.3, -0.25) is 20.4 Å². The second-order valence-corrected chi connectivity index (χ2v) is 6.64. The third-order valence-electron chi connectivity index (χ3n) is 4.06. The van der Waals surface area contributed by atoms with Gasteiger partial charge >= 0.3 is 0 Å². The topological polar surface area (TPSA) is 82.3 Å². The molecular weight excluding hydrogens is 360 g/mol. The van der Waals surface area contributed by atoms with E-state index in [4.69, 9.17) is 12.2 Å². The monoisotopic (exact) mass is 386 g/mol. The average molecular weight is 387 g/mol. The summed E-state index contributed by atoms with van der Waals surface area (Å²) in [4.78, 5) is 24.0. The van der Waals surface area contributed by atoms with Crippen molar-refractivity contribution < 1.29 is 9.59 Å². The molecule has 0 atom stereocenters. The Morgan fingerprint density at radius 3 is 2.52 bits per heavy atom. The third kappa shape index (κ3) is 7.22. The summed E-state index contributed by atoms with van der Waals surface area (Å²) >= 11 is 5.07. The van der Waals surface area contributed by atoms with Crippen LogP contribution in [-0.4, -0.2) is 30.0 Å². The van der Waals surface area contributed by atoms with Gasteiger partial charge in [-0.1, -0.05) is 62.2 Å². The van der Waals surface area contributed by atoms with Crippen LogP contribution in [0.4, 0.5) is 0 Å². The number of carbonyl (C=O) groups excluding carboxylic acids is 2. The van der Waals surface area contributed by atoms with Crippen LogP contribution in [0, 0.1) is 0 Å². The summed E-state index contributed by atoms with van der Waals surface area (Å²) in [5, 5.41) is 8.12. The average Bonchev–Trinajstić information content (AvgIpc) is 2.68. The van der Waals surface area contributed by atoms with Crippen molar-refractivity contribution in [2.75, 3.05) is 13.1 Å². The van der Waals surface area contributed by atoms with Crippen LogP contribution in [0.3, 0.4) is 0 Å². The summed E-state index contributed by atoms with van der Waals surface area (Å²) in [5.41, 5.74) is 6.02. The summed E-state index contributed by atoms with van der Waals surface area (Å²) in [7, 11) is 0. The summed E-state index contributed by atoms with van der Waals surface area (Å²) in [6.45, 7) is 2.78. The number of rotatable bonds is 8. The molecule has 0 aromatic heterocycles. The molecule has 2 aromatic rings. The van der Waals surface area contributed by atoms with Crippen LogP contribution in [-0.2, 0) is 16.0 Å². The van der Waals surface area contributed by atoms with Crippen LogP contribution < -0.4 is 21.5 Å². The first kappa shape index (κ1) is 20.6. The van der Waals surface area contributed by atoms with E-state index in [1.165, 1.54) is 0 Å². The number of thiocarbonyl (C=S) groups is 1. The zero-order chi connectivity index (χ0) is 19.5.